The highest BCUT2D eigenvalue weighted by Gasteiger charge is 2.13. The molecule has 0 spiro atoms. The monoisotopic (exact) mass is 253 g/mol. The van der Waals surface area contributed by atoms with Gasteiger partial charge >= 0.3 is 11.9 Å². The SMILES string of the molecule is O=C(O)COc1ccnc2cc(C(=O)O)sc12. The molecule has 0 atom stereocenters. The van der Waals surface area contributed by atoms with Gasteiger partial charge in [-0.05, 0) is 6.07 Å². The average Bonchev–Trinajstić information content (AvgIpc) is 2.70. The van der Waals surface area contributed by atoms with Crippen molar-refractivity contribution in [2.75, 3.05) is 6.61 Å². The molecule has 0 saturated carbocycles. The van der Waals surface area contributed by atoms with Crippen molar-refractivity contribution in [2.45, 2.75) is 0 Å². The first-order chi connectivity index (χ1) is 8.08. The molecule has 0 amide bonds. The third kappa shape index (κ3) is 2.34. The molecule has 2 rings (SSSR count). The number of rotatable bonds is 4. The lowest BCUT2D eigenvalue weighted by atomic mass is 10.3. The van der Waals surface area contributed by atoms with Gasteiger partial charge < -0.3 is 14.9 Å². The van der Waals surface area contributed by atoms with E-state index in [1.165, 1.54) is 18.3 Å². The average molecular weight is 253 g/mol. The Kier molecular flexibility index (Phi) is 2.92. The van der Waals surface area contributed by atoms with Crippen LogP contribution < -0.4 is 4.74 Å². The number of hydrogen-bond acceptors (Lipinski definition) is 5. The van der Waals surface area contributed by atoms with Crippen LogP contribution >= 0.6 is 11.3 Å². The fourth-order valence-corrected chi connectivity index (χ4v) is 2.19. The molecular formula is C10H7NO5S. The maximum Gasteiger partial charge on any atom is 0.345 e. The Morgan fingerprint density at radius 3 is 2.82 bits per heavy atom. The lowest BCUT2D eigenvalue weighted by molar-refractivity contribution is -0.139. The van der Waals surface area contributed by atoms with Crippen molar-refractivity contribution in [3.63, 3.8) is 0 Å². The molecule has 2 aromatic rings. The maximum atomic E-state index is 10.8. The van der Waals surface area contributed by atoms with Gasteiger partial charge in [-0.3, -0.25) is 4.98 Å². The summed E-state index contributed by atoms with van der Waals surface area (Å²) in [7, 11) is 0. The normalized spacial score (nSPS) is 10.4. The van der Waals surface area contributed by atoms with Gasteiger partial charge in [0.15, 0.2) is 6.61 Å². The summed E-state index contributed by atoms with van der Waals surface area (Å²) >= 11 is 1.00. The van der Waals surface area contributed by atoms with Gasteiger partial charge in [-0.25, -0.2) is 9.59 Å². The lowest BCUT2D eigenvalue weighted by Crippen LogP contribution is -2.09. The molecule has 0 aliphatic carbocycles. The third-order valence-electron chi connectivity index (χ3n) is 1.94. The van der Waals surface area contributed by atoms with Crippen LogP contribution in [-0.2, 0) is 4.79 Å². The van der Waals surface area contributed by atoms with E-state index in [2.05, 4.69) is 4.98 Å². The van der Waals surface area contributed by atoms with Gasteiger partial charge in [0.2, 0.25) is 0 Å². The fraction of sp³-hybridized carbons (Fsp3) is 0.100. The standard InChI is InChI=1S/C10H7NO5S/c12-8(13)4-16-6-1-2-11-5-3-7(10(14)15)17-9(5)6/h1-3H,4H2,(H,12,13)(H,14,15). The van der Waals surface area contributed by atoms with Gasteiger partial charge in [-0.2, -0.15) is 0 Å². The van der Waals surface area contributed by atoms with Crippen LogP contribution in [0.1, 0.15) is 9.67 Å². The molecule has 6 nitrogen and oxygen atoms in total. The molecule has 2 N–H and O–H groups in total. The van der Waals surface area contributed by atoms with Gasteiger partial charge in [0.05, 0.1) is 10.2 Å². The van der Waals surface area contributed by atoms with Gasteiger partial charge in [0.25, 0.3) is 0 Å². The van der Waals surface area contributed by atoms with Gasteiger partial charge in [0.1, 0.15) is 10.6 Å². The van der Waals surface area contributed by atoms with Crippen molar-refractivity contribution < 1.29 is 24.5 Å². The Balaban J connectivity index is 2.42. The first kappa shape index (κ1) is 11.3. The van der Waals surface area contributed by atoms with Crippen molar-refractivity contribution in [1.82, 2.24) is 4.98 Å². The highest BCUT2D eigenvalue weighted by Crippen LogP contribution is 2.32. The molecule has 7 heteroatoms. The first-order valence-corrected chi connectivity index (χ1v) is 5.36. The van der Waals surface area contributed by atoms with Crippen LogP contribution in [0.4, 0.5) is 0 Å². The van der Waals surface area contributed by atoms with Crippen molar-refractivity contribution in [3.8, 4) is 5.75 Å². The number of ether oxygens (including phenoxy) is 1. The minimum Gasteiger partial charge on any atom is -0.480 e. The number of thiophene rings is 1. The molecule has 0 aliphatic heterocycles. The molecule has 0 saturated heterocycles. The molecule has 2 heterocycles. The summed E-state index contributed by atoms with van der Waals surface area (Å²) in [6.45, 7) is -0.473. The predicted octanol–water partition coefficient (Wildman–Crippen LogP) is 1.46. The zero-order chi connectivity index (χ0) is 12.4. The van der Waals surface area contributed by atoms with Crippen LogP contribution in [0.25, 0.3) is 10.2 Å². The fourth-order valence-electron chi connectivity index (χ4n) is 1.27. The van der Waals surface area contributed by atoms with E-state index in [1.807, 2.05) is 0 Å². The van der Waals surface area contributed by atoms with E-state index in [0.717, 1.165) is 11.3 Å². The Morgan fingerprint density at radius 2 is 2.18 bits per heavy atom. The first-order valence-electron chi connectivity index (χ1n) is 4.54. The minimum absolute atomic E-state index is 0.138. The van der Waals surface area contributed by atoms with Crippen LogP contribution in [-0.4, -0.2) is 33.7 Å². The van der Waals surface area contributed by atoms with E-state index in [-0.39, 0.29) is 4.88 Å². The highest BCUT2D eigenvalue weighted by molar-refractivity contribution is 7.21. The van der Waals surface area contributed by atoms with E-state index in [4.69, 9.17) is 14.9 Å². The molecule has 0 fully saturated rings. The topological polar surface area (TPSA) is 96.7 Å². The molecular weight excluding hydrogens is 246 g/mol. The largest absolute Gasteiger partial charge is 0.480 e. The van der Waals surface area contributed by atoms with Gasteiger partial charge in [-0.1, -0.05) is 0 Å². The highest BCUT2D eigenvalue weighted by atomic mass is 32.1. The smallest absolute Gasteiger partial charge is 0.345 e. The molecule has 88 valence electrons. The van der Waals surface area contributed by atoms with Crippen LogP contribution in [0, 0.1) is 0 Å². The Labute approximate surface area is 99.1 Å². The van der Waals surface area contributed by atoms with Crippen molar-refractivity contribution in [1.29, 1.82) is 0 Å². The van der Waals surface area contributed by atoms with E-state index >= 15 is 0 Å². The molecule has 0 unspecified atom stereocenters. The summed E-state index contributed by atoms with van der Waals surface area (Å²) in [6, 6.07) is 2.93. The summed E-state index contributed by atoms with van der Waals surface area (Å²) < 4.78 is 5.59. The number of pyridine rings is 1. The Hall–Kier alpha value is -2.15. The minimum atomic E-state index is -1.09. The second kappa shape index (κ2) is 4.38. The number of aromatic nitrogens is 1. The van der Waals surface area contributed by atoms with Crippen LogP contribution in [0.15, 0.2) is 18.3 Å². The number of nitrogens with zero attached hydrogens (tertiary/aromatic N) is 1. The lowest BCUT2D eigenvalue weighted by Gasteiger charge is -2.02. The number of fused-ring (bicyclic) bond motifs is 1. The predicted molar refractivity (Wildman–Crippen MR) is 59.7 cm³/mol. The third-order valence-corrected chi connectivity index (χ3v) is 3.06. The molecule has 0 radical (unpaired) electrons. The number of hydrogen-bond donors (Lipinski definition) is 2. The molecule has 17 heavy (non-hydrogen) atoms. The summed E-state index contributed by atoms with van der Waals surface area (Å²) in [6.07, 6.45) is 1.44. The van der Waals surface area contributed by atoms with E-state index in [1.54, 1.807) is 0 Å². The summed E-state index contributed by atoms with van der Waals surface area (Å²) in [5.74, 6) is -1.81. The summed E-state index contributed by atoms with van der Waals surface area (Å²) in [5.41, 5.74) is 0.482. The van der Waals surface area contributed by atoms with E-state index in [9.17, 15) is 9.59 Å². The van der Waals surface area contributed by atoms with Crippen molar-refractivity contribution >= 4 is 33.5 Å². The van der Waals surface area contributed by atoms with Crippen LogP contribution in [0.5, 0.6) is 5.75 Å². The quantitative estimate of drug-likeness (QED) is 0.856. The van der Waals surface area contributed by atoms with E-state index < -0.39 is 18.5 Å². The Bertz CT molecular complexity index is 591. The van der Waals surface area contributed by atoms with Gasteiger partial charge in [0, 0.05) is 12.3 Å². The number of carboxylic acids is 2. The van der Waals surface area contributed by atoms with Crippen molar-refractivity contribution in [3.05, 3.63) is 23.2 Å². The molecule has 0 aliphatic rings. The number of carboxylic acid groups (broad SMARTS) is 2. The Morgan fingerprint density at radius 1 is 1.41 bits per heavy atom. The second-order valence-corrected chi connectivity index (χ2v) is 4.17. The van der Waals surface area contributed by atoms with E-state index in [0.29, 0.717) is 16.0 Å². The second-order valence-electron chi connectivity index (χ2n) is 3.12. The van der Waals surface area contributed by atoms with Crippen LogP contribution in [0.3, 0.4) is 0 Å². The molecule has 2 aromatic heterocycles. The van der Waals surface area contributed by atoms with Gasteiger partial charge in [-0.15, -0.1) is 11.3 Å². The summed E-state index contributed by atoms with van der Waals surface area (Å²) in [5, 5.41) is 17.4. The van der Waals surface area contributed by atoms with Crippen LogP contribution in [0.2, 0.25) is 0 Å². The number of aromatic carboxylic acids is 1. The van der Waals surface area contributed by atoms with Crippen molar-refractivity contribution in [2.24, 2.45) is 0 Å². The molecule has 0 aromatic carbocycles. The number of carbonyl (C=O) groups is 2. The zero-order valence-corrected chi connectivity index (χ0v) is 9.23. The molecule has 0 bridgehead atoms. The number of aliphatic carboxylic acids is 1. The zero-order valence-electron chi connectivity index (χ0n) is 8.41. The maximum absolute atomic E-state index is 10.8. The summed E-state index contributed by atoms with van der Waals surface area (Å²) in [4.78, 5) is 25.3.